The third-order valence-electron chi connectivity index (χ3n) is 4.19. The minimum atomic E-state index is -0.602. The van der Waals surface area contributed by atoms with Crippen molar-refractivity contribution in [2.75, 3.05) is 18.5 Å². The van der Waals surface area contributed by atoms with Crippen molar-refractivity contribution in [3.05, 3.63) is 50.5 Å². The van der Waals surface area contributed by atoms with Gasteiger partial charge < -0.3 is 9.64 Å². The summed E-state index contributed by atoms with van der Waals surface area (Å²) >= 11 is 7.67. The fourth-order valence-corrected chi connectivity index (χ4v) is 3.89. The van der Waals surface area contributed by atoms with E-state index in [2.05, 4.69) is 31.0 Å². The molecule has 0 aromatic heterocycles. The number of anilines is 1. The molecule has 0 radical (unpaired) electrons. The molecule has 0 fully saturated rings. The van der Waals surface area contributed by atoms with Crippen molar-refractivity contribution in [2.45, 2.75) is 40.5 Å². The SMILES string of the molecule is CCCCN1C(=CC(=O)c2cc(Cl)ccc2NC(=O)OCC)SC(C)=C1C. The second kappa shape index (κ2) is 9.85. The molecule has 0 spiro atoms. The standard InChI is InChI=1S/C20H25ClN2O3S/c1-5-7-10-23-13(3)14(4)27-19(23)12-18(24)16-11-15(21)8-9-17(16)22-20(25)26-6-2/h8-9,11-12H,5-7,10H2,1-4H3,(H,22,25). The summed E-state index contributed by atoms with van der Waals surface area (Å²) in [6.07, 6.45) is 3.14. The Bertz CT molecular complexity index is 789. The Kier molecular flexibility index (Phi) is 7.80. The topological polar surface area (TPSA) is 58.6 Å². The third-order valence-corrected chi connectivity index (χ3v) is 5.57. The number of carbonyl (C=O) groups is 2. The number of amides is 1. The van der Waals surface area contributed by atoms with Gasteiger partial charge in [-0.1, -0.05) is 36.7 Å². The fourth-order valence-electron chi connectivity index (χ4n) is 2.64. The minimum absolute atomic E-state index is 0.212. The van der Waals surface area contributed by atoms with Crippen molar-refractivity contribution in [3.63, 3.8) is 0 Å². The predicted octanol–water partition coefficient (Wildman–Crippen LogP) is 6.03. The van der Waals surface area contributed by atoms with Gasteiger partial charge in [0.15, 0.2) is 5.78 Å². The Balaban J connectivity index is 2.30. The van der Waals surface area contributed by atoms with Gasteiger partial charge in [-0.05, 0) is 45.4 Å². The second-order valence-electron chi connectivity index (χ2n) is 6.13. The summed E-state index contributed by atoms with van der Waals surface area (Å²) < 4.78 is 4.90. The molecule has 0 aliphatic carbocycles. The average molecular weight is 409 g/mol. The van der Waals surface area contributed by atoms with Crippen LogP contribution >= 0.6 is 23.4 Å². The molecule has 0 saturated carbocycles. The van der Waals surface area contributed by atoms with E-state index in [4.69, 9.17) is 16.3 Å². The van der Waals surface area contributed by atoms with Crippen LogP contribution in [-0.2, 0) is 4.74 Å². The lowest BCUT2D eigenvalue weighted by Crippen LogP contribution is -2.19. The first-order valence-corrected chi connectivity index (χ1v) is 10.2. The zero-order chi connectivity index (χ0) is 20.0. The normalized spacial score (nSPS) is 15.4. The minimum Gasteiger partial charge on any atom is -0.450 e. The van der Waals surface area contributed by atoms with Gasteiger partial charge in [-0.25, -0.2) is 4.79 Å². The molecule has 27 heavy (non-hydrogen) atoms. The largest absolute Gasteiger partial charge is 0.450 e. The average Bonchev–Trinajstić information content (AvgIpc) is 2.88. The van der Waals surface area contributed by atoms with Gasteiger partial charge in [0.25, 0.3) is 0 Å². The van der Waals surface area contributed by atoms with Crippen LogP contribution in [0.5, 0.6) is 0 Å². The number of nitrogens with one attached hydrogen (secondary N) is 1. The summed E-state index contributed by atoms with van der Waals surface area (Å²) in [5.41, 5.74) is 1.88. The predicted molar refractivity (Wildman–Crippen MR) is 112 cm³/mol. The van der Waals surface area contributed by atoms with Crippen molar-refractivity contribution >= 4 is 40.9 Å². The number of nitrogens with zero attached hydrogens (tertiary/aromatic N) is 1. The monoisotopic (exact) mass is 408 g/mol. The maximum atomic E-state index is 13.0. The van der Waals surface area contributed by atoms with E-state index in [0.717, 1.165) is 24.4 Å². The van der Waals surface area contributed by atoms with E-state index in [1.807, 2.05) is 0 Å². The van der Waals surface area contributed by atoms with E-state index in [1.54, 1.807) is 43.0 Å². The first kappa shape index (κ1) is 21.4. The highest BCUT2D eigenvalue weighted by Gasteiger charge is 2.24. The van der Waals surface area contributed by atoms with Crippen molar-refractivity contribution in [3.8, 4) is 0 Å². The lowest BCUT2D eigenvalue weighted by Gasteiger charge is -2.21. The van der Waals surface area contributed by atoms with Gasteiger partial charge >= 0.3 is 6.09 Å². The van der Waals surface area contributed by atoms with E-state index in [9.17, 15) is 9.59 Å². The molecule has 0 unspecified atom stereocenters. The molecule has 7 heteroatoms. The van der Waals surface area contributed by atoms with E-state index in [-0.39, 0.29) is 12.4 Å². The number of hydrogen-bond donors (Lipinski definition) is 1. The summed E-state index contributed by atoms with van der Waals surface area (Å²) in [6.45, 7) is 9.10. The molecular formula is C20H25ClN2O3S. The molecular weight excluding hydrogens is 384 g/mol. The van der Waals surface area contributed by atoms with Crippen LogP contribution in [0.4, 0.5) is 10.5 Å². The van der Waals surface area contributed by atoms with Crippen molar-refractivity contribution in [1.29, 1.82) is 0 Å². The molecule has 146 valence electrons. The van der Waals surface area contributed by atoms with Gasteiger partial charge in [-0.15, -0.1) is 0 Å². The Labute approximate surface area is 169 Å². The highest BCUT2D eigenvalue weighted by atomic mass is 35.5. The quantitative estimate of drug-likeness (QED) is 0.440. The Morgan fingerprint density at radius 2 is 2.04 bits per heavy atom. The highest BCUT2D eigenvalue weighted by Crippen LogP contribution is 2.41. The van der Waals surface area contributed by atoms with Gasteiger partial charge in [0.05, 0.1) is 17.3 Å². The molecule has 1 aliphatic rings. The molecule has 0 bridgehead atoms. The number of halogens is 1. The molecule has 1 aliphatic heterocycles. The number of benzene rings is 1. The molecule has 1 aromatic carbocycles. The number of carbonyl (C=O) groups excluding carboxylic acids is 2. The van der Waals surface area contributed by atoms with Crippen LogP contribution in [-0.4, -0.2) is 29.9 Å². The second-order valence-corrected chi connectivity index (χ2v) is 7.80. The molecule has 1 N–H and O–H groups in total. The summed E-state index contributed by atoms with van der Waals surface area (Å²) in [5, 5.41) is 3.93. The fraction of sp³-hybridized carbons (Fsp3) is 0.400. The molecule has 0 atom stereocenters. The molecule has 1 heterocycles. The van der Waals surface area contributed by atoms with Gasteiger partial charge in [0, 0.05) is 33.8 Å². The Morgan fingerprint density at radius 3 is 2.70 bits per heavy atom. The number of rotatable bonds is 7. The number of allylic oxidation sites excluding steroid dienone is 3. The summed E-state index contributed by atoms with van der Waals surface area (Å²) in [6, 6.07) is 4.79. The number of ketones is 1. The highest BCUT2D eigenvalue weighted by molar-refractivity contribution is 8.06. The first-order chi connectivity index (χ1) is 12.9. The smallest absolute Gasteiger partial charge is 0.411 e. The van der Waals surface area contributed by atoms with Crippen molar-refractivity contribution < 1.29 is 14.3 Å². The maximum absolute atomic E-state index is 13.0. The van der Waals surface area contributed by atoms with Crippen LogP contribution in [0.15, 0.2) is 39.9 Å². The van der Waals surface area contributed by atoms with Crippen molar-refractivity contribution in [1.82, 2.24) is 4.90 Å². The van der Waals surface area contributed by atoms with Gasteiger partial charge in [0.1, 0.15) is 0 Å². The molecule has 5 nitrogen and oxygen atoms in total. The first-order valence-electron chi connectivity index (χ1n) is 8.99. The van der Waals surface area contributed by atoms with E-state index >= 15 is 0 Å². The Hall–Kier alpha value is -1.92. The maximum Gasteiger partial charge on any atom is 0.411 e. The lowest BCUT2D eigenvalue weighted by atomic mass is 10.1. The molecule has 0 saturated heterocycles. The summed E-state index contributed by atoms with van der Waals surface area (Å²) in [5.74, 6) is -0.212. The Morgan fingerprint density at radius 1 is 1.30 bits per heavy atom. The molecule has 2 rings (SSSR count). The number of ether oxygens (including phenoxy) is 1. The molecule has 1 aromatic rings. The van der Waals surface area contributed by atoms with E-state index in [1.165, 1.54) is 10.6 Å². The number of thioether (sulfide) groups is 1. The van der Waals surface area contributed by atoms with E-state index < -0.39 is 6.09 Å². The lowest BCUT2D eigenvalue weighted by molar-refractivity contribution is 0.104. The summed E-state index contributed by atoms with van der Waals surface area (Å²) in [4.78, 5) is 28.1. The summed E-state index contributed by atoms with van der Waals surface area (Å²) in [7, 11) is 0. The third kappa shape index (κ3) is 5.53. The zero-order valence-electron chi connectivity index (χ0n) is 16.1. The van der Waals surface area contributed by atoms with Gasteiger partial charge in [0.2, 0.25) is 0 Å². The number of unbranched alkanes of at least 4 members (excludes halogenated alkanes) is 1. The van der Waals surface area contributed by atoms with Crippen LogP contribution in [0.1, 0.15) is 50.9 Å². The van der Waals surface area contributed by atoms with Crippen LogP contribution in [0, 0.1) is 0 Å². The van der Waals surface area contributed by atoms with Crippen LogP contribution in [0.2, 0.25) is 5.02 Å². The zero-order valence-corrected chi connectivity index (χ0v) is 17.7. The van der Waals surface area contributed by atoms with Crippen LogP contribution < -0.4 is 5.32 Å². The molecule has 1 amide bonds. The van der Waals surface area contributed by atoms with Gasteiger partial charge in [-0.3, -0.25) is 10.1 Å². The van der Waals surface area contributed by atoms with Crippen LogP contribution in [0.25, 0.3) is 0 Å². The van der Waals surface area contributed by atoms with Crippen LogP contribution in [0.3, 0.4) is 0 Å². The van der Waals surface area contributed by atoms with Crippen molar-refractivity contribution in [2.24, 2.45) is 0 Å². The number of hydrogen-bond acceptors (Lipinski definition) is 5. The van der Waals surface area contributed by atoms with E-state index in [0.29, 0.717) is 16.3 Å². The van der Waals surface area contributed by atoms with Gasteiger partial charge in [-0.2, -0.15) is 0 Å².